The molecule has 4 heteroatoms. The molecular weight excluding hydrogens is 266 g/mol. The molecule has 1 spiro atoms. The minimum absolute atomic E-state index is 0.0754. The first-order chi connectivity index (χ1) is 11.8. The zero-order valence-electron chi connectivity index (χ0n) is 15.8. The van der Waals surface area contributed by atoms with Gasteiger partial charge >= 0.3 is 0 Å². The second-order valence-electron chi connectivity index (χ2n) is 6.65. The van der Waals surface area contributed by atoms with Crippen molar-refractivity contribution in [1.29, 1.82) is 1.43 Å². The predicted molar refractivity (Wildman–Crippen MR) is 76.7 cm³/mol. The van der Waals surface area contributed by atoms with Gasteiger partial charge in [0, 0.05) is 26.1 Å². The van der Waals surface area contributed by atoms with Gasteiger partial charge in [-0.2, -0.15) is 0 Å². The van der Waals surface area contributed by atoms with Crippen LogP contribution in [-0.2, 0) is 16.6 Å². The summed E-state index contributed by atoms with van der Waals surface area (Å²) in [7, 11) is 2.03. The average molecular weight is 289 g/mol. The van der Waals surface area contributed by atoms with Crippen molar-refractivity contribution in [2.24, 2.45) is 5.92 Å². The predicted octanol–water partition coefficient (Wildman–Crippen LogP) is 1.63. The Kier molecular flexibility index (Phi) is 1.51. The van der Waals surface area contributed by atoms with E-state index in [1.54, 1.807) is 6.07 Å². The molecule has 2 fully saturated rings. The van der Waals surface area contributed by atoms with Crippen molar-refractivity contribution < 1.29 is 18.8 Å². The van der Waals surface area contributed by atoms with Crippen molar-refractivity contribution in [2.45, 2.75) is 43.2 Å². The zero-order chi connectivity index (χ0) is 17.8. The Morgan fingerprint density at radius 3 is 3.38 bits per heavy atom. The van der Waals surface area contributed by atoms with Gasteiger partial charge in [0.15, 0.2) is 23.4 Å². The fourth-order valence-corrected chi connectivity index (χ4v) is 4.97. The number of nitrogens with zero attached hydrogens (tertiary/aromatic N) is 1. The average Bonchev–Trinajstić information content (AvgIpc) is 2.84. The number of carbonyl (C=O) groups excluding carboxylic acids is 1. The maximum Gasteiger partial charge on any atom is 0.293 e. The summed E-state index contributed by atoms with van der Waals surface area (Å²) in [5.41, 5.74) is 0.975. The zero-order valence-corrected chi connectivity index (χ0v) is 11.8. The van der Waals surface area contributed by atoms with Crippen LogP contribution in [0.2, 0.25) is 0 Å². The number of rotatable bonds is 1. The summed E-state index contributed by atoms with van der Waals surface area (Å²) < 4.78 is 38.7. The number of likely N-dealkylation sites (tertiary alicyclic amines) is 1. The Morgan fingerprint density at radius 1 is 1.62 bits per heavy atom. The van der Waals surface area contributed by atoms with Crippen molar-refractivity contribution in [3.63, 3.8) is 0 Å². The third-order valence-electron chi connectivity index (χ3n) is 5.90. The SMILES string of the molecule is [2H]Oc1ccc2c3c1O[C@@]1([2H])C(=O)C([2H])([2H])C[C@H]4[C@@H](C2)N(C)CC[C@@]341. The summed E-state index contributed by atoms with van der Waals surface area (Å²) in [5.74, 6) is -0.495. The molecule has 1 saturated heterocycles. The highest BCUT2D eigenvalue weighted by atomic mass is 16.5. The Morgan fingerprint density at radius 2 is 2.52 bits per heavy atom. The molecule has 21 heavy (non-hydrogen) atoms. The highest BCUT2D eigenvalue weighted by Crippen LogP contribution is 2.62. The Hall–Kier alpha value is -1.55. The van der Waals surface area contributed by atoms with Gasteiger partial charge in [-0.15, -0.1) is 0 Å². The Bertz CT molecular complexity index is 815. The molecule has 1 saturated carbocycles. The Labute approximate surface area is 129 Å². The van der Waals surface area contributed by atoms with Crippen LogP contribution >= 0.6 is 0 Å². The molecule has 0 amide bonds. The molecule has 1 aromatic carbocycles. The Balaban J connectivity index is 1.86. The van der Waals surface area contributed by atoms with Crippen LogP contribution < -0.4 is 4.74 Å². The van der Waals surface area contributed by atoms with E-state index in [4.69, 9.17) is 15.4 Å². The molecule has 0 aromatic heterocycles. The lowest BCUT2D eigenvalue weighted by Gasteiger charge is -2.57. The van der Waals surface area contributed by atoms with E-state index in [1.165, 1.54) is 0 Å². The fourth-order valence-electron chi connectivity index (χ4n) is 4.97. The fraction of sp³-hybridized carbons (Fsp3) is 0.588. The largest absolute Gasteiger partial charge is 0.504 e. The number of hydrogen-bond donors (Lipinski definition) is 1. The molecule has 1 N–H and O–H groups in total. The smallest absolute Gasteiger partial charge is 0.293 e. The van der Waals surface area contributed by atoms with Crippen LogP contribution in [0.5, 0.6) is 11.5 Å². The first-order valence-corrected chi connectivity index (χ1v) is 7.50. The second kappa shape index (κ2) is 3.61. The molecule has 4 nitrogen and oxygen atoms in total. The molecule has 2 aliphatic carbocycles. The summed E-state index contributed by atoms with van der Waals surface area (Å²) in [5, 5.41) is 4.69. The molecule has 2 heterocycles. The van der Waals surface area contributed by atoms with Crippen LogP contribution in [0.3, 0.4) is 0 Å². The summed E-state index contributed by atoms with van der Waals surface area (Å²) in [4.78, 5) is 15.2. The number of hydrogen-bond acceptors (Lipinski definition) is 4. The van der Waals surface area contributed by atoms with Crippen molar-refractivity contribution >= 4 is 5.78 Å². The summed E-state index contributed by atoms with van der Waals surface area (Å²) >= 11 is 0. The van der Waals surface area contributed by atoms with Gasteiger partial charge in [0.05, 0.1) is 1.37 Å². The van der Waals surface area contributed by atoms with Crippen LogP contribution in [-0.4, -0.2) is 42.9 Å². The molecule has 0 radical (unpaired) electrons. The highest BCUT2D eigenvalue weighted by Gasteiger charge is 2.65. The number of phenols is 1. The van der Waals surface area contributed by atoms with Gasteiger partial charge in [0.1, 0.15) is 0 Å². The van der Waals surface area contributed by atoms with Gasteiger partial charge in [-0.25, -0.2) is 0 Å². The van der Waals surface area contributed by atoms with Crippen LogP contribution in [0, 0.1) is 5.92 Å². The van der Waals surface area contributed by atoms with E-state index in [0.29, 0.717) is 12.2 Å². The van der Waals surface area contributed by atoms with Crippen molar-refractivity contribution in [3.05, 3.63) is 23.3 Å². The van der Waals surface area contributed by atoms with E-state index in [-0.39, 0.29) is 24.1 Å². The molecule has 2 bridgehead atoms. The van der Waals surface area contributed by atoms with Crippen LogP contribution in [0.25, 0.3) is 0 Å². The maximum atomic E-state index is 13.0. The molecule has 4 atom stereocenters. The second-order valence-corrected chi connectivity index (χ2v) is 6.65. The van der Waals surface area contributed by atoms with Gasteiger partial charge in [-0.1, -0.05) is 6.07 Å². The van der Waals surface area contributed by atoms with Crippen molar-refractivity contribution in [3.8, 4) is 11.5 Å². The number of aromatic hydroxyl groups is 1. The molecule has 2 aliphatic heterocycles. The van der Waals surface area contributed by atoms with Crippen LogP contribution in [0.4, 0.5) is 0 Å². The molecule has 5 rings (SSSR count). The third kappa shape index (κ3) is 1.20. The number of ether oxygens (including phenoxy) is 1. The van der Waals surface area contributed by atoms with E-state index >= 15 is 0 Å². The van der Waals surface area contributed by atoms with Crippen LogP contribution in [0.15, 0.2) is 12.1 Å². The van der Waals surface area contributed by atoms with Crippen molar-refractivity contribution in [1.82, 2.24) is 4.90 Å². The van der Waals surface area contributed by atoms with Crippen molar-refractivity contribution in [2.75, 3.05) is 13.6 Å². The lowest BCUT2D eigenvalue weighted by Crippen LogP contribution is -2.65. The number of carbonyl (C=O) groups is 1. The molecule has 1 aromatic rings. The molecule has 0 unspecified atom stereocenters. The number of piperidine rings is 1. The lowest BCUT2D eigenvalue weighted by atomic mass is 9.52. The summed E-state index contributed by atoms with van der Waals surface area (Å²) in [6, 6.07) is 3.62. The van der Waals surface area contributed by atoms with E-state index in [2.05, 4.69) is 4.90 Å². The molecule has 110 valence electrons. The van der Waals surface area contributed by atoms with Gasteiger partial charge in [-0.3, -0.25) is 4.79 Å². The monoisotopic (exact) mass is 289 g/mol. The van der Waals surface area contributed by atoms with E-state index in [9.17, 15) is 4.79 Å². The van der Waals surface area contributed by atoms with E-state index in [0.717, 1.165) is 24.1 Å². The lowest BCUT2D eigenvalue weighted by molar-refractivity contribution is -0.138. The normalized spacial score (nSPS) is 48.3. The first kappa shape index (κ1) is 8.79. The summed E-state index contributed by atoms with van der Waals surface area (Å²) in [6.07, 6.45) is -2.68. The number of phenolic OH excluding ortho intramolecular Hbond substituents is 1. The maximum absolute atomic E-state index is 13.0. The van der Waals surface area contributed by atoms with Gasteiger partial charge in [0.25, 0.3) is 1.43 Å². The third-order valence-corrected chi connectivity index (χ3v) is 5.90. The van der Waals surface area contributed by atoms with E-state index < -0.39 is 23.7 Å². The van der Waals surface area contributed by atoms with E-state index in [1.807, 2.05) is 13.1 Å². The minimum Gasteiger partial charge on any atom is -0.504 e. The van der Waals surface area contributed by atoms with Gasteiger partial charge < -0.3 is 14.7 Å². The first-order valence-electron chi connectivity index (χ1n) is 9.41. The van der Waals surface area contributed by atoms with Crippen LogP contribution in [0.1, 0.15) is 34.5 Å². The topological polar surface area (TPSA) is 49.8 Å². The summed E-state index contributed by atoms with van der Waals surface area (Å²) in [6.45, 7) is 0.728. The van der Waals surface area contributed by atoms with Gasteiger partial charge in [-0.05, 0) is 50.4 Å². The standard InChI is InChI=1S/C17H19NO3/c1-18-7-6-17-10-3-5-13(20)16(17)21-15-12(19)4-2-9(14(15)17)8-11(10)18/h2,4,10-11,16,19H,3,5-8H2,1H3/t10-,11+,16-,17-/m0/s1/i5D2,16D/hD. The quantitative estimate of drug-likeness (QED) is 0.854. The number of Topliss-reactive ketones (excluding diaryl/α,β-unsaturated/α-hetero) is 1. The molecule has 4 aliphatic rings. The minimum atomic E-state index is -2.09. The highest BCUT2D eigenvalue weighted by molar-refractivity contribution is 5.89. The number of benzene rings is 1. The molecular formula is C17H19NO3. The van der Waals surface area contributed by atoms with Gasteiger partial charge in [0.2, 0.25) is 0 Å². The number of likely N-dealkylation sites (N-methyl/N-ethyl adjacent to an activating group) is 1. The number of ketones is 1.